The third-order valence-electron chi connectivity index (χ3n) is 4.91. The van der Waals surface area contributed by atoms with E-state index >= 15 is 0 Å². The van der Waals surface area contributed by atoms with Crippen LogP contribution in [0.2, 0.25) is 0 Å². The third kappa shape index (κ3) is 4.20. The summed E-state index contributed by atoms with van der Waals surface area (Å²) in [5.41, 5.74) is -1.89. The molecule has 0 bridgehead atoms. The van der Waals surface area contributed by atoms with Crippen molar-refractivity contribution in [2.75, 3.05) is 13.1 Å². The van der Waals surface area contributed by atoms with Gasteiger partial charge in [-0.2, -0.15) is 13.2 Å². The number of likely N-dealkylation sites (tertiary alicyclic amines) is 1. The Bertz CT molecular complexity index is 709. The molecule has 1 saturated heterocycles. The molecule has 1 aromatic rings. The van der Waals surface area contributed by atoms with Crippen molar-refractivity contribution in [1.29, 1.82) is 0 Å². The Morgan fingerprint density at radius 1 is 1.19 bits per heavy atom. The molecule has 1 amide bonds. The minimum absolute atomic E-state index is 0.0483. The van der Waals surface area contributed by atoms with Crippen LogP contribution in [0.4, 0.5) is 13.2 Å². The van der Waals surface area contributed by atoms with Gasteiger partial charge in [0, 0.05) is 13.1 Å². The number of carbonyl (C=O) groups is 2. The molecule has 1 fully saturated rings. The summed E-state index contributed by atoms with van der Waals surface area (Å²) in [7, 11) is 0. The lowest BCUT2D eigenvalue weighted by atomic mass is 9.86. The third-order valence-corrected chi connectivity index (χ3v) is 4.91. The number of carboxylic acid groups (broad SMARTS) is 1. The monoisotopic (exact) mass is 387 g/mol. The molecule has 5 nitrogen and oxygen atoms in total. The fraction of sp³-hybridized carbons (Fsp3) is 0.579. The van der Waals surface area contributed by atoms with Crippen LogP contribution >= 0.6 is 0 Å². The molecular formula is C19H24F3NO4. The lowest BCUT2D eigenvalue weighted by Gasteiger charge is -2.28. The predicted molar refractivity (Wildman–Crippen MR) is 92.6 cm³/mol. The highest BCUT2D eigenvalue weighted by Gasteiger charge is 2.64. The van der Waals surface area contributed by atoms with Crippen molar-refractivity contribution >= 4 is 11.9 Å². The van der Waals surface area contributed by atoms with Crippen molar-refractivity contribution in [2.24, 2.45) is 5.41 Å². The summed E-state index contributed by atoms with van der Waals surface area (Å²) in [5, 5.41) is 9.08. The van der Waals surface area contributed by atoms with E-state index in [0.717, 1.165) is 10.5 Å². The molecule has 1 aliphatic rings. The maximum Gasteiger partial charge on any atom is 0.406 e. The molecule has 1 heterocycles. The molecule has 1 N–H and O–H groups in total. The zero-order valence-corrected chi connectivity index (χ0v) is 15.8. The van der Waals surface area contributed by atoms with Crippen molar-refractivity contribution in [1.82, 2.24) is 4.90 Å². The van der Waals surface area contributed by atoms with Crippen LogP contribution in [-0.2, 0) is 15.0 Å². The number of halogens is 3. The molecule has 27 heavy (non-hydrogen) atoms. The molecule has 0 radical (unpaired) electrons. The highest BCUT2D eigenvalue weighted by atomic mass is 19.4. The van der Waals surface area contributed by atoms with E-state index in [4.69, 9.17) is 9.84 Å². The molecule has 1 aromatic carbocycles. The summed E-state index contributed by atoms with van der Waals surface area (Å²) in [5.74, 6) is -2.21. The van der Waals surface area contributed by atoms with Gasteiger partial charge in [0.1, 0.15) is 5.75 Å². The van der Waals surface area contributed by atoms with E-state index in [1.807, 2.05) is 12.1 Å². The number of aliphatic carboxylic acids is 1. The summed E-state index contributed by atoms with van der Waals surface area (Å²) in [6, 6.07) is 7.13. The topological polar surface area (TPSA) is 66.8 Å². The van der Waals surface area contributed by atoms with Crippen molar-refractivity contribution in [3.8, 4) is 5.75 Å². The van der Waals surface area contributed by atoms with E-state index in [2.05, 4.69) is 20.8 Å². The van der Waals surface area contributed by atoms with Gasteiger partial charge in [0.2, 0.25) is 0 Å². The second-order valence-electron chi connectivity index (χ2n) is 7.93. The van der Waals surface area contributed by atoms with Crippen molar-refractivity contribution < 1.29 is 32.6 Å². The van der Waals surface area contributed by atoms with Crippen LogP contribution in [0.25, 0.3) is 0 Å². The quantitative estimate of drug-likeness (QED) is 0.857. The maximum atomic E-state index is 13.2. The van der Waals surface area contributed by atoms with E-state index in [1.165, 1.54) is 6.92 Å². The van der Waals surface area contributed by atoms with Gasteiger partial charge in [0.15, 0.2) is 11.5 Å². The molecule has 0 saturated carbocycles. The molecule has 0 aromatic heterocycles. The van der Waals surface area contributed by atoms with E-state index in [-0.39, 0.29) is 12.0 Å². The normalized spacial score (nSPS) is 21.8. The molecule has 0 aliphatic carbocycles. The number of rotatable bonds is 4. The van der Waals surface area contributed by atoms with Crippen LogP contribution < -0.4 is 4.74 Å². The first kappa shape index (κ1) is 21.1. The Morgan fingerprint density at radius 2 is 1.74 bits per heavy atom. The zero-order chi connectivity index (χ0) is 20.6. The van der Waals surface area contributed by atoms with E-state index < -0.39 is 42.5 Å². The van der Waals surface area contributed by atoms with Crippen LogP contribution in [0, 0.1) is 5.41 Å². The standard InChI is InChI=1S/C19H24F3NO4/c1-12(27-14-7-5-13(6-8-14)17(2,3)4)15(24)23-10-9-18(11-23,16(25)26)19(20,21)22/h5-8,12H,9-11H2,1-4H3,(H,25,26). The van der Waals surface area contributed by atoms with E-state index in [0.29, 0.717) is 5.75 Å². The molecule has 0 spiro atoms. The highest BCUT2D eigenvalue weighted by Crippen LogP contribution is 2.45. The van der Waals surface area contributed by atoms with Gasteiger partial charge in [-0.1, -0.05) is 32.9 Å². The lowest BCUT2D eigenvalue weighted by Crippen LogP contribution is -2.49. The molecule has 2 atom stereocenters. The summed E-state index contributed by atoms with van der Waals surface area (Å²) in [6.45, 7) is 6.42. The second kappa shape index (κ2) is 7.05. The molecule has 1 aliphatic heterocycles. The Hall–Kier alpha value is -2.25. The zero-order valence-electron chi connectivity index (χ0n) is 15.8. The summed E-state index contributed by atoms with van der Waals surface area (Å²) in [6.07, 6.45) is -6.62. The van der Waals surface area contributed by atoms with Crippen LogP contribution in [0.15, 0.2) is 24.3 Å². The van der Waals surface area contributed by atoms with Gasteiger partial charge < -0.3 is 14.7 Å². The minimum Gasteiger partial charge on any atom is -0.481 e. The average molecular weight is 387 g/mol. The fourth-order valence-electron chi connectivity index (χ4n) is 3.07. The van der Waals surface area contributed by atoms with Gasteiger partial charge >= 0.3 is 12.1 Å². The number of carboxylic acids is 1. The molecule has 150 valence electrons. The smallest absolute Gasteiger partial charge is 0.406 e. The van der Waals surface area contributed by atoms with Crippen molar-refractivity contribution in [3.63, 3.8) is 0 Å². The number of hydrogen-bond donors (Lipinski definition) is 1. The van der Waals surface area contributed by atoms with E-state index in [9.17, 15) is 22.8 Å². The number of amides is 1. The van der Waals surface area contributed by atoms with Gasteiger partial charge in [0.05, 0.1) is 0 Å². The fourth-order valence-corrected chi connectivity index (χ4v) is 3.07. The first-order valence-corrected chi connectivity index (χ1v) is 8.64. The number of alkyl halides is 3. The molecular weight excluding hydrogens is 363 g/mol. The number of nitrogens with zero attached hydrogens (tertiary/aromatic N) is 1. The van der Waals surface area contributed by atoms with Crippen LogP contribution in [0.5, 0.6) is 5.75 Å². The SMILES string of the molecule is CC(Oc1ccc(C(C)(C)C)cc1)C(=O)N1CCC(C(=O)O)(C(F)(F)F)C1. The first-order valence-electron chi connectivity index (χ1n) is 8.64. The van der Waals surface area contributed by atoms with Crippen LogP contribution in [0.1, 0.15) is 39.7 Å². The van der Waals surface area contributed by atoms with E-state index in [1.54, 1.807) is 12.1 Å². The number of carbonyl (C=O) groups excluding carboxylic acids is 1. The molecule has 2 rings (SSSR count). The summed E-state index contributed by atoms with van der Waals surface area (Å²) >= 11 is 0. The van der Waals surface area contributed by atoms with Crippen LogP contribution in [0.3, 0.4) is 0 Å². The molecule has 2 unspecified atom stereocenters. The molecule has 8 heteroatoms. The number of benzene rings is 1. The number of hydrogen-bond acceptors (Lipinski definition) is 3. The largest absolute Gasteiger partial charge is 0.481 e. The Balaban J connectivity index is 2.07. The minimum atomic E-state index is -4.93. The highest BCUT2D eigenvalue weighted by molar-refractivity contribution is 5.84. The lowest BCUT2D eigenvalue weighted by molar-refractivity contribution is -0.227. The maximum absolute atomic E-state index is 13.2. The average Bonchev–Trinajstić information content (AvgIpc) is 3.00. The van der Waals surface area contributed by atoms with Gasteiger partial charge in [0.25, 0.3) is 5.91 Å². The Kier molecular flexibility index (Phi) is 5.50. The van der Waals surface area contributed by atoms with Crippen LogP contribution in [-0.4, -0.2) is 47.3 Å². The Morgan fingerprint density at radius 3 is 2.15 bits per heavy atom. The van der Waals surface area contributed by atoms with Gasteiger partial charge in [-0.15, -0.1) is 0 Å². The number of ether oxygens (including phenoxy) is 1. The van der Waals surface area contributed by atoms with Gasteiger partial charge in [-0.25, -0.2) is 0 Å². The second-order valence-corrected chi connectivity index (χ2v) is 7.93. The Labute approximate surface area is 156 Å². The predicted octanol–water partition coefficient (Wildman–Crippen LogP) is 3.62. The summed E-state index contributed by atoms with van der Waals surface area (Å²) in [4.78, 5) is 24.6. The van der Waals surface area contributed by atoms with Gasteiger partial charge in [-0.05, 0) is 36.5 Å². The van der Waals surface area contributed by atoms with Crippen molar-refractivity contribution in [3.05, 3.63) is 29.8 Å². The first-order chi connectivity index (χ1) is 12.3. The summed E-state index contributed by atoms with van der Waals surface area (Å²) < 4.78 is 45.3. The van der Waals surface area contributed by atoms with Gasteiger partial charge in [-0.3, -0.25) is 9.59 Å². The van der Waals surface area contributed by atoms with Crippen molar-refractivity contribution in [2.45, 2.75) is 51.8 Å².